The van der Waals surface area contributed by atoms with E-state index in [0.29, 0.717) is 29.6 Å². The Morgan fingerprint density at radius 3 is 2.31 bits per heavy atom. The van der Waals surface area contributed by atoms with Gasteiger partial charge in [0.25, 0.3) is 0 Å². The fraction of sp³-hybridized carbons (Fsp3) is 0.381. The highest BCUT2D eigenvalue weighted by Crippen LogP contribution is 2.30. The van der Waals surface area contributed by atoms with E-state index in [-0.39, 0.29) is 4.90 Å². The van der Waals surface area contributed by atoms with Crippen molar-refractivity contribution in [1.82, 2.24) is 4.31 Å². The largest absolute Gasteiger partial charge is 0.495 e. The molecular weight excluding hydrogens is 406 g/mol. The number of ether oxygens (including phenoxy) is 1. The maximum absolute atomic E-state index is 13.1. The molecule has 156 valence electrons. The van der Waals surface area contributed by atoms with Gasteiger partial charge in [-0.3, -0.25) is 0 Å². The Labute approximate surface area is 178 Å². The first-order chi connectivity index (χ1) is 13.9. The number of benzene rings is 2. The molecule has 2 aromatic rings. The number of aryl methyl sites for hydroxylation is 1. The van der Waals surface area contributed by atoms with Crippen molar-refractivity contribution in [2.24, 2.45) is 0 Å². The molecule has 1 saturated heterocycles. The number of thiocarbonyl (C=S) groups is 1. The van der Waals surface area contributed by atoms with Gasteiger partial charge in [-0.2, -0.15) is 4.31 Å². The SMILES string of the molecule is COc1ccc(S(=O)(=O)N2CCCCCC2)cc1NC(=S)Nc1ccccc1C. The second-order valence-corrected chi connectivity index (χ2v) is 9.42. The van der Waals surface area contributed by atoms with Crippen LogP contribution in [0.2, 0.25) is 0 Å². The van der Waals surface area contributed by atoms with Gasteiger partial charge >= 0.3 is 0 Å². The van der Waals surface area contributed by atoms with Crippen molar-refractivity contribution in [1.29, 1.82) is 0 Å². The number of nitrogens with one attached hydrogen (secondary N) is 2. The molecular formula is C21H27N3O3S2. The van der Waals surface area contributed by atoms with Crippen molar-refractivity contribution >= 4 is 38.7 Å². The summed E-state index contributed by atoms with van der Waals surface area (Å²) in [6, 6.07) is 12.6. The van der Waals surface area contributed by atoms with Crippen LogP contribution < -0.4 is 15.4 Å². The van der Waals surface area contributed by atoms with Crippen LogP contribution in [0, 0.1) is 6.92 Å². The Kier molecular flexibility index (Phi) is 7.10. The molecule has 1 fully saturated rings. The monoisotopic (exact) mass is 433 g/mol. The van der Waals surface area contributed by atoms with Crippen LogP contribution in [0.5, 0.6) is 5.75 Å². The molecule has 0 amide bonds. The number of hydrogen-bond donors (Lipinski definition) is 2. The number of anilines is 2. The molecule has 0 spiro atoms. The molecule has 8 heteroatoms. The van der Waals surface area contributed by atoms with Crippen LogP contribution in [-0.2, 0) is 10.0 Å². The third-order valence-electron chi connectivity index (χ3n) is 5.02. The molecule has 0 radical (unpaired) electrons. The zero-order chi connectivity index (χ0) is 20.9. The standard InChI is InChI=1S/C21H27N3O3S2/c1-16-9-5-6-10-18(16)22-21(28)23-19-15-17(11-12-20(19)27-2)29(25,26)24-13-7-3-4-8-14-24/h5-6,9-12,15H,3-4,7-8,13-14H2,1-2H3,(H2,22,23,28). The Morgan fingerprint density at radius 2 is 1.66 bits per heavy atom. The van der Waals surface area contributed by atoms with Gasteiger partial charge in [-0.05, 0) is 61.8 Å². The van der Waals surface area contributed by atoms with Crippen molar-refractivity contribution in [2.75, 3.05) is 30.8 Å². The van der Waals surface area contributed by atoms with Crippen LogP contribution in [0.4, 0.5) is 11.4 Å². The summed E-state index contributed by atoms with van der Waals surface area (Å²) in [6.45, 7) is 3.11. The molecule has 6 nitrogen and oxygen atoms in total. The van der Waals surface area contributed by atoms with Gasteiger partial charge in [0.1, 0.15) is 5.75 Å². The van der Waals surface area contributed by atoms with E-state index in [1.807, 2.05) is 31.2 Å². The number of rotatable bonds is 5. The Bertz CT molecular complexity index is 969. The van der Waals surface area contributed by atoms with Crippen LogP contribution in [0.3, 0.4) is 0 Å². The van der Waals surface area contributed by atoms with E-state index in [1.165, 1.54) is 0 Å². The molecule has 0 aliphatic carbocycles. The zero-order valence-electron chi connectivity index (χ0n) is 16.8. The molecule has 2 N–H and O–H groups in total. The van der Waals surface area contributed by atoms with E-state index in [4.69, 9.17) is 17.0 Å². The quantitative estimate of drug-likeness (QED) is 0.682. The lowest BCUT2D eigenvalue weighted by molar-refractivity contribution is 0.415. The third-order valence-corrected chi connectivity index (χ3v) is 7.11. The highest BCUT2D eigenvalue weighted by Gasteiger charge is 2.26. The smallest absolute Gasteiger partial charge is 0.243 e. The van der Waals surface area contributed by atoms with E-state index in [0.717, 1.165) is 36.9 Å². The molecule has 1 heterocycles. The molecule has 1 aliphatic heterocycles. The second kappa shape index (κ2) is 9.56. The first kappa shape index (κ1) is 21.5. The molecule has 0 unspecified atom stereocenters. The fourth-order valence-electron chi connectivity index (χ4n) is 3.37. The van der Waals surface area contributed by atoms with Gasteiger partial charge in [0.15, 0.2) is 5.11 Å². The number of para-hydroxylation sites is 1. The third kappa shape index (κ3) is 5.26. The van der Waals surface area contributed by atoms with Crippen molar-refractivity contribution in [3.63, 3.8) is 0 Å². The van der Waals surface area contributed by atoms with Crippen LogP contribution in [0.25, 0.3) is 0 Å². The van der Waals surface area contributed by atoms with Gasteiger partial charge in [0.05, 0.1) is 17.7 Å². The first-order valence-corrected chi connectivity index (χ1v) is 11.6. The minimum atomic E-state index is -3.56. The fourth-order valence-corrected chi connectivity index (χ4v) is 5.13. The number of hydrogen-bond acceptors (Lipinski definition) is 4. The van der Waals surface area contributed by atoms with Crippen molar-refractivity contribution < 1.29 is 13.2 Å². The molecule has 0 bridgehead atoms. The van der Waals surface area contributed by atoms with Gasteiger partial charge in [-0.15, -0.1) is 0 Å². The summed E-state index contributed by atoms with van der Waals surface area (Å²) in [5, 5.41) is 6.58. The Balaban J connectivity index is 1.83. The van der Waals surface area contributed by atoms with Crippen LogP contribution >= 0.6 is 12.2 Å². The minimum absolute atomic E-state index is 0.237. The van der Waals surface area contributed by atoms with Gasteiger partial charge in [0, 0.05) is 18.8 Å². The summed E-state index contributed by atoms with van der Waals surface area (Å²) in [6.07, 6.45) is 3.93. The van der Waals surface area contributed by atoms with Crippen LogP contribution in [-0.4, -0.2) is 38.0 Å². The van der Waals surface area contributed by atoms with E-state index in [9.17, 15) is 8.42 Å². The predicted molar refractivity (Wildman–Crippen MR) is 121 cm³/mol. The highest BCUT2D eigenvalue weighted by atomic mass is 32.2. The van der Waals surface area contributed by atoms with E-state index in [2.05, 4.69) is 10.6 Å². The van der Waals surface area contributed by atoms with Gasteiger partial charge < -0.3 is 15.4 Å². The van der Waals surface area contributed by atoms with Crippen molar-refractivity contribution in [3.8, 4) is 5.75 Å². The van der Waals surface area contributed by atoms with E-state index >= 15 is 0 Å². The summed E-state index contributed by atoms with van der Waals surface area (Å²) < 4.78 is 33.2. The molecule has 3 rings (SSSR count). The zero-order valence-corrected chi connectivity index (χ0v) is 18.4. The average molecular weight is 434 g/mol. The first-order valence-electron chi connectivity index (χ1n) is 9.73. The average Bonchev–Trinajstić information content (AvgIpc) is 3.00. The van der Waals surface area contributed by atoms with E-state index in [1.54, 1.807) is 29.6 Å². The number of nitrogens with zero attached hydrogens (tertiary/aromatic N) is 1. The van der Waals surface area contributed by atoms with Crippen molar-refractivity contribution in [3.05, 3.63) is 48.0 Å². The number of methoxy groups -OCH3 is 1. The summed E-state index contributed by atoms with van der Waals surface area (Å²) in [4.78, 5) is 0.237. The molecule has 0 saturated carbocycles. The Hall–Kier alpha value is -2.16. The second-order valence-electron chi connectivity index (χ2n) is 7.07. The number of sulfonamides is 1. The summed E-state index contributed by atoms with van der Waals surface area (Å²) >= 11 is 5.43. The molecule has 1 aliphatic rings. The highest BCUT2D eigenvalue weighted by molar-refractivity contribution is 7.89. The molecule has 0 atom stereocenters. The van der Waals surface area contributed by atoms with Gasteiger partial charge in [-0.25, -0.2) is 8.42 Å². The molecule has 29 heavy (non-hydrogen) atoms. The Morgan fingerprint density at radius 1 is 1.00 bits per heavy atom. The van der Waals surface area contributed by atoms with Crippen LogP contribution in [0.15, 0.2) is 47.4 Å². The lowest BCUT2D eigenvalue weighted by Gasteiger charge is -2.21. The maximum Gasteiger partial charge on any atom is 0.243 e. The predicted octanol–water partition coefficient (Wildman–Crippen LogP) is 4.38. The summed E-state index contributed by atoms with van der Waals surface area (Å²) in [7, 11) is -2.02. The maximum atomic E-state index is 13.1. The van der Waals surface area contributed by atoms with Crippen molar-refractivity contribution in [2.45, 2.75) is 37.5 Å². The minimum Gasteiger partial charge on any atom is -0.495 e. The topological polar surface area (TPSA) is 70.7 Å². The lowest BCUT2D eigenvalue weighted by atomic mass is 10.2. The molecule has 2 aromatic carbocycles. The van der Waals surface area contributed by atoms with Gasteiger partial charge in [0.2, 0.25) is 10.0 Å². The van der Waals surface area contributed by atoms with Gasteiger partial charge in [-0.1, -0.05) is 31.0 Å². The lowest BCUT2D eigenvalue weighted by Crippen LogP contribution is -2.32. The normalized spacial score (nSPS) is 15.4. The summed E-state index contributed by atoms with van der Waals surface area (Å²) in [5.74, 6) is 0.522. The van der Waals surface area contributed by atoms with Crippen LogP contribution in [0.1, 0.15) is 31.2 Å². The molecule has 0 aromatic heterocycles. The van der Waals surface area contributed by atoms with E-state index < -0.39 is 10.0 Å². The summed E-state index contributed by atoms with van der Waals surface area (Å²) in [5.41, 5.74) is 2.45.